The first-order chi connectivity index (χ1) is 20.8. The number of hydrogen-bond donors (Lipinski definition) is 3. The fraction of sp³-hybridized carbons (Fsp3) is 0.300. The Kier molecular flexibility index (Phi) is 8.43. The van der Waals surface area contributed by atoms with Gasteiger partial charge in [-0.15, -0.1) is 0 Å². The van der Waals surface area contributed by atoms with Gasteiger partial charge < -0.3 is 30.5 Å². The number of hydrogen-bond acceptors (Lipinski definition) is 8. The Bertz CT molecular complexity index is 1900. The summed E-state index contributed by atoms with van der Waals surface area (Å²) in [4.78, 5) is 52.7. The number of benzene rings is 1. The summed E-state index contributed by atoms with van der Waals surface area (Å²) in [6, 6.07) is 4.71. The number of pyridine rings is 1. The van der Waals surface area contributed by atoms with E-state index in [0.717, 1.165) is 19.6 Å². The molecule has 0 saturated carbocycles. The van der Waals surface area contributed by atoms with E-state index < -0.39 is 23.1 Å². The van der Waals surface area contributed by atoms with Crippen LogP contribution in [0.1, 0.15) is 30.0 Å². The van der Waals surface area contributed by atoms with E-state index in [4.69, 9.17) is 28.9 Å². The number of rotatable bonds is 7. The number of nitrogens with two attached hydrogens (primary N) is 1. The van der Waals surface area contributed by atoms with Gasteiger partial charge in [-0.05, 0) is 44.2 Å². The second-order valence-electron chi connectivity index (χ2n) is 11.0. The van der Waals surface area contributed by atoms with Crippen molar-refractivity contribution in [3.8, 4) is 16.9 Å². The van der Waals surface area contributed by atoms with Gasteiger partial charge in [0.05, 0.1) is 32.9 Å². The number of aromatic nitrogens is 4. The predicted octanol–water partition coefficient (Wildman–Crippen LogP) is 3.72. The molecule has 0 unspecified atom stereocenters. The first-order valence-corrected chi connectivity index (χ1v) is 14.5. The Labute approximate surface area is 263 Å². The van der Waals surface area contributed by atoms with Crippen LogP contribution in [-0.4, -0.2) is 73.6 Å². The van der Waals surface area contributed by atoms with Crippen molar-refractivity contribution in [3.05, 3.63) is 69.0 Å². The maximum Gasteiger partial charge on any atom is 0.263 e. The predicted molar refractivity (Wildman–Crippen MR) is 172 cm³/mol. The first-order valence-electron chi connectivity index (χ1n) is 13.8. The molecule has 4 heterocycles. The van der Waals surface area contributed by atoms with Crippen LogP contribution in [0.3, 0.4) is 0 Å². The standard InChI is InChI=1S/C30H32Cl2N8O4/c1-15(2)28-36-29-25(30(44)38(28)5)19(17-8-18(27(33)43)26(42)20(31)9-17)13-39(29)14-24(41)35-22-10-23(34-11-21(22)32)40-7-6-37(4)12-16(40)3/h8-11,13,16,42H,1,6-7,12,14H2,2-5H3,(H2,33,43)(H,34,35,41)/t16-/m0/s1. The highest BCUT2D eigenvalue weighted by Crippen LogP contribution is 2.36. The number of carbonyl (C=O) groups is 2. The minimum Gasteiger partial charge on any atom is -0.506 e. The third kappa shape index (κ3) is 5.75. The zero-order valence-corrected chi connectivity index (χ0v) is 26.2. The van der Waals surface area contributed by atoms with Crippen LogP contribution in [0.4, 0.5) is 11.5 Å². The number of aromatic hydroxyl groups is 1. The number of carbonyl (C=O) groups excluding carboxylic acids is 2. The molecule has 12 nitrogen and oxygen atoms in total. The third-order valence-corrected chi connectivity index (χ3v) is 8.26. The maximum atomic E-state index is 13.6. The Hall–Kier alpha value is -4.39. The van der Waals surface area contributed by atoms with Crippen molar-refractivity contribution in [2.45, 2.75) is 26.4 Å². The molecule has 1 atom stereocenters. The molecule has 44 heavy (non-hydrogen) atoms. The molecule has 0 radical (unpaired) electrons. The fourth-order valence-corrected chi connectivity index (χ4v) is 5.85. The van der Waals surface area contributed by atoms with Crippen molar-refractivity contribution in [3.63, 3.8) is 0 Å². The lowest BCUT2D eigenvalue weighted by Gasteiger charge is -2.39. The molecule has 1 saturated heterocycles. The molecule has 1 aliphatic rings. The van der Waals surface area contributed by atoms with Crippen LogP contribution in [0, 0.1) is 0 Å². The van der Waals surface area contributed by atoms with Crippen molar-refractivity contribution in [2.75, 3.05) is 36.9 Å². The summed E-state index contributed by atoms with van der Waals surface area (Å²) in [6.07, 6.45) is 3.08. The van der Waals surface area contributed by atoms with Crippen molar-refractivity contribution in [1.29, 1.82) is 0 Å². The highest BCUT2D eigenvalue weighted by Gasteiger charge is 2.25. The van der Waals surface area contributed by atoms with E-state index in [1.807, 2.05) is 0 Å². The quantitative estimate of drug-likeness (QED) is 0.277. The van der Waals surface area contributed by atoms with Crippen molar-refractivity contribution >= 4 is 63.1 Å². The molecule has 3 aromatic heterocycles. The van der Waals surface area contributed by atoms with E-state index in [1.54, 1.807) is 26.2 Å². The van der Waals surface area contributed by atoms with Crippen LogP contribution in [-0.2, 0) is 18.4 Å². The van der Waals surface area contributed by atoms with Gasteiger partial charge in [-0.1, -0.05) is 29.8 Å². The summed E-state index contributed by atoms with van der Waals surface area (Å²) < 4.78 is 2.88. The van der Waals surface area contributed by atoms with E-state index in [0.29, 0.717) is 34.0 Å². The summed E-state index contributed by atoms with van der Waals surface area (Å²) in [5.74, 6) is -0.770. The van der Waals surface area contributed by atoms with Crippen molar-refractivity contribution < 1.29 is 14.7 Å². The normalized spacial score (nSPS) is 15.5. The maximum absolute atomic E-state index is 13.6. The average molecular weight is 640 g/mol. The van der Waals surface area contributed by atoms with E-state index >= 15 is 0 Å². The lowest BCUT2D eigenvalue weighted by Crippen LogP contribution is -2.50. The number of allylic oxidation sites excluding steroid dienone is 1. The minimum atomic E-state index is -0.899. The number of primary amides is 1. The molecule has 0 aliphatic carbocycles. The average Bonchev–Trinajstić information content (AvgIpc) is 3.31. The number of fused-ring (bicyclic) bond motifs is 1. The molecule has 14 heteroatoms. The molecule has 1 fully saturated rings. The number of amides is 2. The Morgan fingerprint density at radius 3 is 2.57 bits per heavy atom. The molecule has 4 aromatic rings. The number of likely N-dealkylation sites (N-methyl/N-ethyl adjacent to an activating group) is 1. The molecule has 230 valence electrons. The van der Waals surface area contributed by atoms with Crippen LogP contribution >= 0.6 is 23.2 Å². The smallest absolute Gasteiger partial charge is 0.263 e. The highest BCUT2D eigenvalue weighted by molar-refractivity contribution is 6.34. The number of phenols is 1. The van der Waals surface area contributed by atoms with Crippen LogP contribution in [0.25, 0.3) is 27.7 Å². The second kappa shape index (κ2) is 11.9. The van der Waals surface area contributed by atoms with Crippen molar-refractivity contribution in [2.24, 2.45) is 12.8 Å². The van der Waals surface area contributed by atoms with Gasteiger partial charge in [0.15, 0.2) is 0 Å². The molecule has 5 rings (SSSR count). The monoisotopic (exact) mass is 638 g/mol. The Morgan fingerprint density at radius 1 is 1.18 bits per heavy atom. The summed E-state index contributed by atoms with van der Waals surface area (Å²) in [7, 11) is 3.64. The number of halogens is 2. The largest absolute Gasteiger partial charge is 0.506 e. The van der Waals surface area contributed by atoms with Gasteiger partial charge in [0, 0.05) is 50.6 Å². The van der Waals surface area contributed by atoms with Gasteiger partial charge in [0.25, 0.3) is 11.5 Å². The van der Waals surface area contributed by atoms with E-state index in [2.05, 4.69) is 45.6 Å². The van der Waals surface area contributed by atoms with Gasteiger partial charge in [-0.2, -0.15) is 0 Å². The lowest BCUT2D eigenvalue weighted by atomic mass is 10.0. The van der Waals surface area contributed by atoms with E-state index in [9.17, 15) is 19.5 Å². The number of nitrogens with one attached hydrogen (secondary N) is 1. The zero-order chi connectivity index (χ0) is 32.0. The number of anilines is 2. The van der Waals surface area contributed by atoms with Crippen molar-refractivity contribution in [1.82, 2.24) is 24.0 Å². The molecule has 1 aromatic carbocycles. The van der Waals surface area contributed by atoms with Crippen LogP contribution < -0.4 is 21.5 Å². The zero-order valence-electron chi connectivity index (χ0n) is 24.7. The summed E-state index contributed by atoms with van der Waals surface area (Å²) in [6.45, 7) is 10.1. The third-order valence-electron chi connectivity index (χ3n) is 7.67. The van der Waals surface area contributed by atoms with Gasteiger partial charge in [-0.25, -0.2) is 9.97 Å². The SMILES string of the molecule is C=C(C)c1nc2c(c(-c3cc(Cl)c(O)c(C(N)=O)c3)cn2CC(=O)Nc2cc(N3CCN(C)C[C@@H]3C)ncc2Cl)c(=O)n1C. The Balaban J connectivity index is 1.56. The molecular weight excluding hydrogens is 607 g/mol. The molecule has 0 bridgehead atoms. The second-order valence-corrected chi connectivity index (χ2v) is 11.9. The van der Waals surface area contributed by atoms with E-state index in [1.165, 1.54) is 27.5 Å². The summed E-state index contributed by atoms with van der Waals surface area (Å²) in [5, 5.41) is 13.5. The molecule has 4 N–H and O–H groups in total. The first kappa shape index (κ1) is 31.0. The van der Waals surface area contributed by atoms with Gasteiger partial charge in [0.1, 0.15) is 29.6 Å². The molecule has 2 amide bonds. The van der Waals surface area contributed by atoms with Crippen LogP contribution in [0.5, 0.6) is 5.75 Å². The van der Waals surface area contributed by atoms with Gasteiger partial charge >= 0.3 is 0 Å². The number of piperazine rings is 1. The Morgan fingerprint density at radius 2 is 1.91 bits per heavy atom. The topological polar surface area (TPSA) is 152 Å². The summed E-state index contributed by atoms with van der Waals surface area (Å²) >= 11 is 12.7. The van der Waals surface area contributed by atoms with Gasteiger partial charge in [0.2, 0.25) is 5.91 Å². The minimum absolute atomic E-state index is 0.129. The summed E-state index contributed by atoms with van der Waals surface area (Å²) in [5.41, 5.74) is 6.66. The molecular formula is C30H32Cl2N8O4. The highest BCUT2D eigenvalue weighted by atomic mass is 35.5. The fourth-order valence-electron chi connectivity index (χ4n) is 5.48. The van der Waals surface area contributed by atoms with Gasteiger partial charge in [-0.3, -0.25) is 19.0 Å². The van der Waals surface area contributed by atoms with Crippen LogP contribution in [0.2, 0.25) is 10.0 Å². The van der Waals surface area contributed by atoms with E-state index in [-0.39, 0.29) is 39.2 Å². The van der Waals surface area contributed by atoms with Crippen LogP contribution in [0.15, 0.2) is 42.0 Å². The molecule has 1 aliphatic heterocycles. The lowest BCUT2D eigenvalue weighted by molar-refractivity contribution is -0.116. The molecule has 0 spiro atoms. The number of nitrogens with zero attached hydrogens (tertiary/aromatic N) is 6.